The number of rotatable bonds is 2. The lowest BCUT2D eigenvalue weighted by molar-refractivity contribution is 0.215. The third kappa shape index (κ3) is 2.30. The second kappa shape index (κ2) is 5.06. The molecule has 2 aromatic carbocycles. The minimum atomic E-state index is -0.682. The molecule has 2 nitrogen and oxygen atoms in total. The Labute approximate surface area is 118 Å². The lowest BCUT2D eigenvalue weighted by Gasteiger charge is -2.13. The molecule has 0 radical (unpaired) electrons. The van der Waals surface area contributed by atoms with Crippen LogP contribution in [0.3, 0.4) is 0 Å². The largest absolute Gasteiger partial charge is 0.382 e. The maximum atomic E-state index is 10.5. The topological polar surface area (TPSA) is 33.1 Å². The second-order valence-corrected chi connectivity index (χ2v) is 5.20. The van der Waals surface area contributed by atoms with Crippen molar-refractivity contribution in [3.8, 4) is 0 Å². The lowest BCUT2D eigenvalue weighted by atomic mass is 10.0. The number of benzene rings is 2. The van der Waals surface area contributed by atoms with Gasteiger partial charge in [0.15, 0.2) is 0 Å². The van der Waals surface area contributed by atoms with E-state index in [2.05, 4.69) is 18.0 Å². The first kappa shape index (κ1) is 12.8. The van der Waals surface area contributed by atoms with Gasteiger partial charge in [0.1, 0.15) is 6.10 Å². The van der Waals surface area contributed by atoms with Gasteiger partial charge in [0.25, 0.3) is 0 Å². The fraction of sp³-hybridized carbons (Fsp3) is 0.167. The Hall–Kier alpha value is -2.19. The Morgan fingerprint density at radius 2 is 1.75 bits per heavy atom. The van der Waals surface area contributed by atoms with Crippen molar-refractivity contribution in [2.24, 2.45) is 0 Å². The van der Waals surface area contributed by atoms with Crippen LogP contribution in [0.2, 0.25) is 0 Å². The number of aryl methyl sites for hydroxylation is 2. The molecule has 0 aliphatic heterocycles. The normalized spacial score (nSPS) is 12.6. The Bertz CT molecular complexity index is 764. The lowest BCUT2D eigenvalue weighted by Crippen LogP contribution is -2.03. The van der Waals surface area contributed by atoms with E-state index >= 15 is 0 Å². The SMILES string of the molecule is Cc1cccc(C(O)c2cc(C)c3ccccc3n2)c1. The number of nitrogens with zero attached hydrogens (tertiary/aromatic N) is 1. The summed E-state index contributed by atoms with van der Waals surface area (Å²) in [7, 11) is 0. The first-order valence-corrected chi connectivity index (χ1v) is 6.76. The van der Waals surface area contributed by atoms with Gasteiger partial charge in [-0.1, -0.05) is 48.0 Å². The van der Waals surface area contributed by atoms with E-state index in [1.54, 1.807) is 0 Å². The minimum Gasteiger partial charge on any atom is -0.382 e. The van der Waals surface area contributed by atoms with E-state index in [1.807, 2.05) is 55.5 Å². The quantitative estimate of drug-likeness (QED) is 0.760. The predicted molar refractivity (Wildman–Crippen MR) is 81.7 cm³/mol. The van der Waals surface area contributed by atoms with Gasteiger partial charge in [-0.05, 0) is 37.1 Å². The zero-order valence-corrected chi connectivity index (χ0v) is 11.7. The molecule has 100 valence electrons. The Balaban J connectivity index is 2.10. The van der Waals surface area contributed by atoms with E-state index in [-0.39, 0.29) is 0 Å². The fourth-order valence-corrected chi connectivity index (χ4v) is 2.53. The Morgan fingerprint density at radius 1 is 0.950 bits per heavy atom. The fourth-order valence-electron chi connectivity index (χ4n) is 2.53. The average molecular weight is 263 g/mol. The molecule has 3 rings (SSSR count). The van der Waals surface area contributed by atoms with Gasteiger partial charge >= 0.3 is 0 Å². The average Bonchev–Trinajstić information content (AvgIpc) is 2.46. The first-order valence-electron chi connectivity index (χ1n) is 6.76. The van der Waals surface area contributed by atoms with Crippen LogP contribution < -0.4 is 0 Å². The Kier molecular flexibility index (Phi) is 3.25. The summed E-state index contributed by atoms with van der Waals surface area (Å²) in [4.78, 5) is 4.59. The molecule has 0 bridgehead atoms. The third-order valence-corrected chi connectivity index (χ3v) is 3.58. The van der Waals surface area contributed by atoms with Gasteiger partial charge in [-0.15, -0.1) is 0 Å². The van der Waals surface area contributed by atoms with E-state index in [0.29, 0.717) is 5.69 Å². The summed E-state index contributed by atoms with van der Waals surface area (Å²) in [5.41, 5.74) is 4.78. The number of hydrogen-bond donors (Lipinski definition) is 1. The van der Waals surface area contributed by atoms with Crippen molar-refractivity contribution in [1.82, 2.24) is 4.98 Å². The summed E-state index contributed by atoms with van der Waals surface area (Å²) >= 11 is 0. The first-order chi connectivity index (χ1) is 9.65. The maximum Gasteiger partial charge on any atom is 0.121 e. The van der Waals surface area contributed by atoms with Crippen LogP contribution in [0.25, 0.3) is 10.9 Å². The monoisotopic (exact) mass is 263 g/mol. The highest BCUT2D eigenvalue weighted by atomic mass is 16.3. The number of aromatic nitrogens is 1. The van der Waals surface area contributed by atoms with Gasteiger partial charge in [0.05, 0.1) is 11.2 Å². The number of fused-ring (bicyclic) bond motifs is 1. The summed E-state index contributed by atoms with van der Waals surface area (Å²) in [6.07, 6.45) is -0.682. The molecule has 0 aliphatic rings. The maximum absolute atomic E-state index is 10.5. The van der Waals surface area contributed by atoms with Crippen molar-refractivity contribution in [2.75, 3.05) is 0 Å². The molecule has 3 aromatic rings. The van der Waals surface area contributed by atoms with Gasteiger partial charge in [0, 0.05) is 5.39 Å². The molecule has 1 heterocycles. The molecule has 1 N–H and O–H groups in total. The molecule has 2 heteroatoms. The molecule has 1 atom stereocenters. The van der Waals surface area contributed by atoms with Crippen LogP contribution in [-0.4, -0.2) is 10.1 Å². The van der Waals surface area contributed by atoms with Gasteiger partial charge < -0.3 is 5.11 Å². The molecule has 0 fully saturated rings. The summed E-state index contributed by atoms with van der Waals surface area (Å²) in [5, 5.41) is 11.7. The summed E-state index contributed by atoms with van der Waals surface area (Å²) in [6.45, 7) is 4.08. The van der Waals surface area contributed by atoms with Crippen molar-refractivity contribution >= 4 is 10.9 Å². The molecule has 20 heavy (non-hydrogen) atoms. The number of hydrogen-bond acceptors (Lipinski definition) is 2. The Morgan fingerprint density at radius 3 is 2.55 bits per heavy atom. The predicted octanol–water partition coefficient (Wildman–Crippen LogP) is 3.93. The zero-order chi connectivity index (χ0) is 14.1. The number of pyridine rings is 1. The van der Waals surface area contributed by atoms with Crippen LogP contribution in [-0.2, 0) is 0 Å². The molecule has 1 unspecified atom stereocenters. The van der Waals surface area contributed by atoms with Crippen molar-refractivity contribution in [2.45, 2.75) is 20.0 Å². The van der Waals surface area contributed by atoms with Gasteiger partial charge in [0.2, 0.25) is 0 Å². The zero-order valence-electron chi connectivity index (χ0n) is 11.7. The molecule has 0 spiro atoms. The van der Waals surface area contributed by atoms with Crippen LogP contribution in [0.5, 0.6) is 0 Å². The van der Waals surface area contributed by atoms with Gasteiger partial charge in [-0.3, -0.25) is 0 Å². The van der Waals surface area contributed by atoms with E-state index < -0.39 is 6.10 Å². The van der Waals surface area contributed by atoms with E-state index in [4.69, 9.17) is 0 Å². The highest BCUT2D eigenvalue weighted by molar-refractivity contribution is 5.82. The van der Waals surface area contributed by atoms with Gasteiger partial charge in [-0.25, -0.2) is 4.98 Å². The van der Waals surface area contributed by atoms with Gasteiger partial charge in [-0.2, -0.15) is 0 Å². The standard InChI is InChI=1S/C18H17NO/c1-12-6-5-7-14(10-12)18(20)17-11-13(2)15-8-3-4-9-16(15)19-17/h3-11,18,20H,1-2H3. The number of aliphatic hydroxyl groups excluding tert-OH is 1. The van der Waals surface area contributed by atoms with Crippen molar-refractivity contribution in [3.63, 3.8) is 0 Å². The van der Waals surface area contributed by atoms with Crippen LogP contribution >= 0.6 is 0 Å². The molecule has 0 amide bonds. The number of aliphatic hydroxyl groups is 1. The van der Waals surface area contributed by atoms with Crippen LogP contribution in [0.1, 0.15) is 28.5 Å². The van der Waals surface area contributed by atoms with Crippen LogP contribution in [0, 0.1) is 13.8 Å². The van der Waals surface area contributed by atoms with Crippen LogP contribution in [0.15, 0.2) is 54.6 Å². The second-order valence-electron chi connectivity index (χ2n) is 5.20. The van der Waals surface area contributed by atoms with E-state index in [1.165, 1.54) is 0 Å². The molecule has 0 aliphatic carbocycles. The summed E-state index contributed by atoms with van der Waals surface area (Å²) in [5.74, 6) is 0. The summed E-state index contributed by atoms with van der Waals surface area (Å²) in [6, 6.07) is 17.9. The highest BCUT2D eigenvalue weighted by Crippen LogP contribution is 2.25. The molecule has 1 aromatic heterocycles. The number of para-hydroxylation sites is 1. The van der Waals surface area contributed by atoms with E-state index in [9.17, 15) is 5.11 Å². The van der Waals surface area contributed by atoms with Crippen molar-refractivity contribution in [1.29, 1.82) is 0 Å². The smallest absolute Gasteiger partial charge is 0.121 e. The van der Waals surface area contributed by atoms with E-state index in [0.717, 1.165) is 27.6 Å². The highest BCUT2D eigenvalue weighted by Gasteiger charge is 2.13. The van der Waals surface area contributed by atoms with Crippen molar-refractivity contribution < 1.29 is 5.11 Å². The molecule has 0 saturated heterocycles. The molecule has 0 saturated carbocycles. The minimum absolute atomic E-state index is 0.682. The van der Waals surface area contributed by atoms with Crippen LogP contribution in [0.4, 0.5) is 0 Å². The molecular formula is C18H17NO. The van der Waals surface area contributed by atoms with Crippen molar-refractivity contribution in [3.05, 3.63) is 77.0 Å². The third-order valence-electron chi connectivity index (χ3n) is 3.58. The molecular weight excluding hydrogens is 246 g/mol. The summed E-state index contributed by atoms with van der Waals surface area (Å²) < 4.78 is 0.